The second-order valence-corrected chi connectivity index (χ2v) is 8.96. The molecule has 1 amide bonds. The van der Waals surface area contributed by atoms with Crippen molar-refractivity contribution in [2.24, 2.45) is 0 Å². The molecule has 1 N–H and O–H groups in total. The first kappa shape index (κ1) is 23.9. The largest absolute Gasteiger partial charge is 0.458 e. The Hall–Kier alpha value is -2.13. The highest BCUT2D eigenvalue weighted by Gasteiger charge is 2.27. The summed E-state index contributed by atoms with van der Waals surface area (Å²) >= 11 is 0. The molecule has 0 unspecified atom stereocenters. The molecule has 1 aromatic rings. The van der Waals surface area contributed by atoms with Crippen molar-refractivity contribution in [2.45, 2.75) is 58.3 Å². The summed E-state index contributed by atoms with van der Waals surface area (Å²) < 4.78 is 37.1. The van der Waals surface area contributed by atoms with Gasteiger partial charge in [-0.05, 0) is 45.6 Å². The molecule has 0 saturated carbocycles. The van der Waals surface area contributed by atoms with Gasteiger partial charge in [0, 0.05) is 0 Å². The number of amides is 1. The Morgan fingerprint density at radius 2 is 1.75 bits per heavy atom. The van der Waals surface area contributed by atoms with Crippen LogP contribution in [0.3, 0.4) is 0 Å². The van der Waals surface area contributed by atoms with Gasteiger partial charge in [-0.1, -0.05) is 30.3 Å². The van der Waals surface area contributed by atoms with Gasteiger partial charge in [-0.3, -0.25) is 4.18 Å². The van der Waals surface area contributed by atoms with Crippen LogP contribution in [0.4, 0.5) is 4.79 Å². The summed E-state index contributed by atoms with van der Waals surface area (Å²) in [4.78, 5) is 24.4. The van der Waals surface area contributed by atoms with Crippen LogP contribution >= 0.6 is 0 Å². The van der Waals surface area contributed by atoms with Crippen molar-refractivity contribution in [1.29, 1.82) is 0 Å². The Morgan fingerprint density at radius 3 is 2.32 bits per heavy atom. The number of ether oxygens (including phenoxy) is 2. The SMILES string of the molecule is CC(C)(C)OC(=O)[C@@H](CCCCOS(C)(=O)=O)NC(=O)OCc1ccccc1. The molecule has 0 bridgehead atoms. The third-order valence-corrected chi connectivity index (χ3v) is 3.98. The first-order valence-corrected chi connectivity index (χ1v) is 10.8. The fraction of sp³-hybridized carbons (Fsp3) is 0.579. The molecular weight excluding hydrogens is 386 g/mol. The van der Waals surface area contributed by atoms with Crippen molar-refractivity contribution in [2.75, 3.05) is 12.9 Å². The van der Waals surface area contributed by atoms with E-state index in [1.54, 1.807) is 20.8 Å². The predicted molar refractivity (Wildman–Crippen MR) is 104 cm³/mol. The number of carbonyl (C=O) groups excluding carboxylic acids is 2. The third kappa shape index (κ3) is 11.6. The van der Waals surface area contributed by atoms with Gasteiger partial charge in [-0.15, -0.1) is 0 Å². The van der Waals surface area contributed by atoms with Crippen molar-refractivity contribution in [3.05, 3.63) is 35.9 Å². The fourth-order valence-corrected chi connectivity index (χ4v) is 2.61. The van der Waals surface area contributed by atoms with Gasteiger partial charge in [0.25, 0.3) is 10.1 Å². The molecule has 0 aliphatic rings. The molecule has 0 aliphatic carbocycles. The van der Waals surface area contributed by atoms with Crippen LogP contribution in [0.1, 0.15) is 45.6 Å². The van der Waals surface area contributed by atoms with Gasteiger partial charge < -0.3 is 14.8 Å². The minimum atomic E-state index is -3.50. The van der Waals surface area contributed by atoms with E-state index in [9.17, 15) is 18.0 Å². The lowest BCUT2D eigenvalue weighted by Gasteiger charge is -2.24. The molecule has 28 heavy (non-hydrogen) atoms. The number of benzene rings is 1. The quantitative estimate of drug-likeness (QED) is 0.356. The molecule has 1 rings (SSSR count). The Bertz CT molecular complexity index is 726. The monoisotopic (exact) mass is 415 g/mol. The third-order valence-electron chi connectivity index (χ3n) is 3.38. The van der Waals surface area contributed by atoms with E-state index in [0.717, 1.165) is 11.8 Å². The topological polar surface area (TPSA) is 108 Å². The van der Waals surface area contributed by atoms with Crippen LogP contribution in [0.5, 0.6) is 0 Å². The zero-order valence-electron chi connectivity index (χ0n) is 16.8. The second-order valence-electron chi connectivity index (χ2n) is 7.31. The van der Waals surface area contributed by atoms with E-state index in [0.29, 0.717) is 12.8 Å². The Kier molecular flexibility index (Phi) is 9.40. The van der Waals surface area contributed by atoms with Crippen LogP contribution in [0.25, 0.3) is 0 Å². The Balaban J connectivity index is 2.56. The summed E-state index contributed by atoms with van der Waals surface area (Å²) in [6, 6.07) is 8.26. The van der Waals surface area contributed by atoms with Crippen molar-refractivity contribution in [3.63, 3.8) is 0 Å². The van der Waals surface area contributed by atoms with Gasteiger partial charge in [0.1, 0.15) is 18.2 Å². The van der Waals surface area contributed by atoms with Crippen molar-refractivity contribution in [1.82, 2.24) is 5.32 Å². The van der Waals surface area contributed by atoms with E-state index >= 15 is 0 Å². The lowest BCUT2D eigenvalue weighted by Crippen LogP contribution is -2.44. The molecule has 1 aromatic carbocycles. The number of hydrogen-bond donors (Lipinski definition) is 1. The predicted octanol–water partition coefficient (Wildman–Crippen LogP) is 2.77. The van der Waals surface area contributed by atoms with E-state index in [1.807, 2.05) is 30.3 Å². The molecule has 0 saturated heterocycles. The van der Waals surface area contributed by atoms with Crippen molar-refractivity contribution in [3.8, 4) is 0 Å². The molecule has 0 aliphatic heterocycles. The molecule has 0 radical (unpaired) electrons. The van der Waals surface area contributed by atoms with Gasteiger partial charge in [-0.25, -0.2) is 9.59 Å². The minimum absolute atomic E-state index is 0.0122. The van der Waals surface area contributed by atoms with Gasteiger partial charge in [-0.2, -0.15) is 8.42 Å². The van der Waals surface area contributed by atoms with Crippen LogP contribution in [-0.2, 0) is 35.2 Å². The van der Waals surface area contributed by atoms with Crippen molar-refractivity contribution >= 4 is 22.2 Å². The van der Waals surface area contributed by atoms with Crippen LogP contribution < -0.4 is 5.32 Å². The van der Waals surface area contributed by atoms with E-state index in [2.05, 4.69) is 9.50 Å². The van der Waals surface area contributed by atoms with Crippen molar-refractivity contribution < 1.29 is 31.7 Å². The maximum atomic E-state index is 12.4. The van der Waals surface area contributed by atoms with Gasteiger partial charge in [0.2, 0.25) is 0 Å². The summed E-state index contributed by atoms with van der Waals surface area (Å²) in [6.07, 6.45) is 1.38. The summed E-state index contributed by atoms with van der Waals surface area (Å²) in [6.45, 7) is 5.29. The first-order valence-electron chi connectivity index (χ1n) is 9.01. The maximum absolute atomic E-state index is 12.4. The highest BCUT2D eigenvalue weighted by Crippen LogP contribution is 2.12. The molecule has 0 heterocycles. The number of nitrogens with one attached hydrogen (secondary N) is 1. The van der Waals surface area contributed by atoms with Gasteiger partial charge in [0.05, 0.1) is 12.9 Å². The molecule has 0 aromatic heterocycles. The van der Waals surface area contributed by atoms with E-state index < -0.39 is 33.8 Å². The number of unbranched alkanes of at least 4 members (excludes halogenated alkanes) is 1. The summed E-state index contributed by atoms with van der Waals surface area (Å²) in [5.41, 5.74) is 0.119. The number of carbonyl (C=O) groups is 2. The molecular formula is C19H29NO7S. The van der Waals surface area contributed by atoms with E-state index in [4.69, 9.17) is 9.47 Å². The van der Waals surface area contributed by atoms with Crippen LogP contribution in [0.2, 0.25) is 0 Å². The van der Waals surface area contributed by atoms with E-state index in [1.165, 1.54) is 0 Å². The zero-order valence-corrected chi connectivity index (χ0v) is 17.6. The number of rotatable bonds is 10. The standard InChI is InChI=1S/C19H29NO7S/c1-19(2,3)27-17(21)16(12-8-9-13-26-28(4,23)24)20-18(22)25-14-15-10-6-5-7-11-15/h5-7,10-11,16H,8-9,12-14H2,1-4H3,(H,20,22)/t16-/m1/s1. The van der Waals surface area contributed by atoms with E-state index in [-0.39, 0.29) is 19.6 Å². The molecule has 0 fully saturated rings. The molecule has 0 spiro atoms. The Labute approximate surface area is 166 Å². The summed E-state index contributed by atoms with van der Waals surface area (Å²) in [5.74, 6) is -0.576. The lowest BCUT2D eigenvalue weighted by molar-refractivity contribution is -0.157. The summed E-state index contributed by atoms with van der Waals surface area (Å²) in [5, 5.41) is 2.52. The normalized spacial score (nSPS) is 12.9. The highest BCUT2D eigenvalue weighted by atomic mass is 32.2. The number of hydrogen-bond acceptors (Lipinski definition) is 7. The highest BCUT2D eigenvalue weighted by molar-refractivity contribution is 7.85. The average Bonchev–Trinajstić information content (AvgIpc) is 2.57. The fourth-order valence-electron chi connectivity index (χ4n) is 2.19. The Morgan fingerprint density at radius 1 is 1.11 bits per heavy atom. The molecule has 8 nitrogen and oxygen atoms in total. The van der Waals surface area contributed by atoms with Crippen LogP contribution in [0, 0.1) is 0 Å². The number of esters is 1. The smallest absolute Gasteiger partial charge is 0.408 e. The van der Waals surface area contributed by atoms with Crippen LogP contribution in [-0.4, -0.2) is 45.0 Å². The molecule has 1 atom stereocenters. The lowest BCUT2D eigenvalue weighted by atomic mass is 10.1. The molecule has 9 heteroatoms. The average molecular weight is 416 g/mol. The second kappa shape index (κ2) is 11.0. The minimum Gasteiger partial charge on any atom is -0.458 e. The van der Waals surface area contributed by atoms with Gasteiger partial charge in [0.15, 0.2) is 0 Å². The first-order chi connectivity index (χ1) is 13.0. The summed E-state index contributed by atoms with van der Waals surface area (Å²) in [7, 11) is -3.50. The van der Waals surface area contributed by atoms with Crippen LogP contribution in [0.15, 0.2) is 30.3 Å². The number of alkyl carbamates (subject to hydrolysis) is 1. The zero-order chi connectivity index (χ0) is 21.2. The van der Waals surface area contributed by atoms with Gasteiger partial charge >= 0.3 is 12.1 Å². The maximum Gasteiger partial charge on any atom is 0.408 e. The molecule has 158 valence electrons.